The molecule has 7 nitrogen and oxygen atoms in total. The Hall–Kier alpha value is -2.05. The van der Waals surface area contributed by atoms with E-state index in [1.807, 2.05) is 4.98 Å². The van der Waals surface area contributed by atoms with Crippen molar-refractivity contribution < 1.29 is 9.53 Å². The Morgan fingerprint density at radius 2 is 2.20 bits per heavy atom. The van der Waals surface area contributed by atoms with E-state index in [2.05, 4.69) is 4.74 Å². The highest BCUT2D eigenvalue weighted by Crippen LogP contribution is 2.03. The quantitative estimate of drug-likeness (QED) is 0.603. The Morgan fingerprint density at radius 1 is 1.60 bits per heavy atom. The molecule has 82 valence electrons. The van der Waals surface area contributed by atoms with Crippen LogP contribution in [0.2, 0.25) is 0 Å². The topological polar surface area (TPSA) is 107 Å². The molecular weight excluding hydrogens is 202 g/mol. The molecule has 0 amide bonds. The second-order valence-electron chi connectivity index (χ2n) is 2.95. The van der Waals surface area contributed by atoms with E-state index in [9.17, 15) is 14.4 Å². The van der Waals surface area contributed by atoms with Crippen LogP contribution < -0.4 is 17.0 Å². The SMILES string of the molecule is COC(=O)C(C)n1cc(N)c(=O)[nH]c1=O. The standard InChI is InChI=1S/C8H11N3O4/c1-4(7(13)15-2)11-3-5(9)6(12)10-8(11)14/h3-4H,9H2,1-2H3,(H,10,12,14). The Balaban J connectivity index is 3.27. The van der Waals surface area contributed by atoms with Crippen LogP contribution in [0.5, 0.6) is 0 Å². The predicted octanol–water partition coefficient (Wildman–Crippen LogP) is -1.15. The van der Waals surface area contributed by atoms with Crippen LogP contribution in [0.4, 0.5) is 5.69 Å². The third-order valence-corrected chi connectivity index (χ3v) is 1.95. The molecule has 1 heterocycles. The number of ether oxygens (including phenoxy) is 1. The van der Waals surface area contributed by atoms with Crippen LogP contribution in [0, 0.1) is 0 Å². The van der Waals surface area contributed by atoms with Gasteiger partial charge >= 0.3 is 11.7 Å². The van der Waals surface area contributed by atoms with E-state index in [0.29, 0.717) is 0 Å². The van der Waals surface area contributed by atoms with Crippen LogP contribution in [0.15, 0.2) is 15.8 Å². The van der Waals surface area contributed by atoms with Crippen molar-refractivity contribution in [3.8, 4) is 0 Å². The minimum absolute atomic E-state index is 0.134. The molecular formula is C8H11N3O4. The van der Waals surface area contributed by atoms with Gasteiger partial charge in [-0.15, -0.1) is 0 Å². The van der Waals surface area contributed by atoms with Gasteiger partial charge in [0.1, 0.15) is 11.7 Å². The van der Waals surface area contributed by atoms with E-state index in [1.54, 1.807) is 0 Å². The van der Waals surface area contributed by atoms with Crippen molar-refractivity contribution in [3.05, 3.63) is 27.0 Å². The number of aromatic amines is 1. The van der Waals surface area contributed by atoms with Gasteiger partial charge in [-0.25, -0.2) is 9.59 Å². The first kappa shape index (κ1) is 11.0. The Morgan fingerprint density at radius 3 is 2.73 bits per heavy atom. The number of nitrogens with two attached hydrogens (primary N) is 1. The van der Waals surface area contributed by atoms with Crippen molar-refractivity contribution in [3.63, 3.8) is 0 Å². The van der Waals surface area contributed by atoms with Crippen molar-refractivity contribution in [2.45, 2.75) is 13.0 Å². The van der Waals surface area contributed by atoms with Crippen molar-refractivity contribution in [1.82, 2.24) is 9.55 Å². The third-order valence-electron chi connectivity index (χ3n) is 1.95. The highest BCUT2D eigenvalue weighted by atomic mass is 16.5. The fraction of sp³-hybridized carbons (Fsp3) is 0.375. The monoisotopic (exact) mass is 213 g/mol. The Kier molecular flexibility index (Phi) is 2.93. The number of carbonyl (C=O) groups is 1. The zero-order chi connectivity index (χ0) is 11.6. The molecule has 1 rings (SSSR count). The van der Waals surface area contributed by atoms with Gasteiger partial charge < -0.3 is 10.5 Å². The van der Waals surface area contributed by atoms with E-state index in [-0.39, 0.29) is 5.69 Å². The number of anilines is 1. The number of esters is 1. The molecule has 0 saturated heterocycles. The Bertz CT molecular complexity index is 487. The van der Waals surface area contributed by atoms with Crippen LogP contribution in [0.3, 0.4) is 0 Å². The zero-order valence-corrected chi connectivity index (χ0v) is 8.31. The number of H-pyrrole nitrogens is 1. The number of aromatic nitrogens is 2. The summed E-state index contributed by atoms with van der Waals surface area (Å²) in [6.07, 6.45) is 1.11. The van der Waals surface area contributed by atoms with Gasteiger partial charge in [0.25, 0.3) is 5.56 Å². The number of hydrogen-bond acceptors (Lipinski definition) is 5. The molecule has 0 spiro atoms. The molecule has 0 aliphatic rings. The molecule has 0 bridgehead atoms. The van der Waals surface area contributed by atoms with E-state index in [1.165, 1.54) is 14.0 Å². The number of nitrogens with zero attached hydrogens (tertiary/aromatic N) is 1. The molecule has 1 aromatic rings. The summed E-state index contributed by atoms with van der Waals surface area (Å²) in [5.74, 6) is -0.594. The van der Waals surface area contributed by atoms with Crippen molar-refractivity contribution >= 4 is 11.7 Å². The number of hydrogen-bond donors (Lipinski definition) is 2. The lowest BCUT2D eigenvalue weighted by atomic mass is 10.3. The van der Waals surface area contributed by atoms with Crippen molar-refractivity contribution in [1.29, 1.82) is 0 Å². The number of carbonyl (C=O) groups excluding carboxylic acids is 1. The molecule has 0 aliphatic heterocycles. The zero-order valence-electron chi connectivity index (χ0n) is 8.31. The summed E-state index contributed by atoms with van der Waals surface area (Å²) in [7, 11) is 1.21. The van der Waals surface area contributed by atoms with Gasteiger partial charge in [-0.2, -0.15) is 0 Å². The third kappa shape index (κ3) is 2.06. The van der Waals surface area contributed by atoms with Crippen LogP contribution in [-0.2, 0) is 9.53 Å². The summed E-state index contributed by atoms with van der Waals surface area (Å²) in [4.78, 5) is 35.4. The Labute approximate surface area is 84.5 Å². The summed E-state index contributed by atoms with van der Waals surface area (Å²) in [5.41, 5.74) is 3.80. The van der Waals surface area contributed by atoms with E-state index < -0.39 is 23.3 Å². The average Bonchev–Trinajstić information content (AvgIpc) is 2.21. The molecule has 0 aliphatic carbocycles. The summed E-state index contributed by atoms with van der Waals surface area (Å²) < 4.78 is 5.46. The van der Waals surface area contributed by atoms with Crippen LogP contribution in [0.1, 0.15) is 13.0 Å². The maximum Gasteiger partial charge on any atom is 0.329 e. The minimum atomic E-state index is -0.832. The molecule has 0 saturated carbocycles. The molecule has 15 heavy (non-hydrogen) atoms. The number of rotatable bonds is 2. The van der Waals surface area contributed by atoms with Crippen LogP contribution in [0.25, 0.3) is 0 Å². The first-order valence-electron chi connectivity index (χ1n) is 4.16. The van der Waals surface area contributed by atoms with Crippen molar-refractivity contribution in [2.24, 2.45) is 0 Å². The minimum Gasteiger partial charge on any atom is -0.467 e. The normalized spacial score (nSPS) is 12.1. The van der Waals surface area contributed by atoms with Gasteiger partial charge in [-0.3, -0.25) is 14.3 Å². The maximum atomic E-state index is 11.3. The van der Waals surface area contributed by atoms with E-state index >= 15 is 0 Å². The lowest BCUT2D eigenvalue weighted by molar-refractivity contribution is -0.144. The van der Waals surface area contributed by atoms with E-state index in [0.717, 1.165) is 10.8 Å². The van der Waals surface area contributed by atoms with Gasteiger partial charge in [0.05, 0.1) is 7.11 Å². The average molecular weight is 213 g/mol. The fourth-order valence-corrected chi connectivity index (χ4v) is 1.07. The van der Waals surface area contributed by atoms with Gasteiger partial charge in [0.2, 0.25) is 0 Å². The van der Waals surface area contributed by atoms with Crippen LogP contribution in [-0.4, -0.2) is 22.6 Å². The second-order valence-corrected chi connectivity index (χ2v) is 2.95. The summed E-state index contributed by atoms with van der Waals surface area (Å²) in [5, 5.41) is 0. The lowest BCUT2D eigenvalue weighted by Crippen LogP contribution is -2.35. The molecule has 0 radical (unpaired) electrons. The fourth-order valence-electron chi connectivity index (χ4n) is 1.07. The summed E-state index contributed by atoms with van der Waals surface area (Å²) in [6, 6.07) is -0.832. The first-order valence-corrected chi connectivity index (χ1v) is 4.16. The number of nitrogen functional groups attached to an aromatic ring is 1. The first-order chi connectivity index (χ1) is 6.97. The maximum absolute atomic E-state index is 11.3. The second kappa shape index (κ2) is 3.99. The highest BCUT2D eigenvalue weighted by Gasteiger charge is 2.17. The van der Waals surface area contributed by atoms with E-state index in [4.69, 9.17) is 5.73 Å². The highest BCUT2D eigenvalue weighted by molar-refractivity contribution is 5.73. The molecule has 1 aromatic heterocycles. The van der Waals surface area contributed by atoms with Gasteiger partial charge in [-0.05, 0) is 6.92 Å². The van der Waals surface area contributed by atoms with Crippen LogP contribution >= 0.6 is 0 Å². The molecule has 0 fully saturated rings. The number of methoxy groups -OCH3 is 1. The molecule has 1 unspecified atom stereocenters. The smallest absolute Gasteiger partial charge is 0.329 e. The molecule has 7 heteroatoms. The molecule has 1 atom stereocenters. The molecule has 3 N–H and O–H groups in total. The van der Waals surface area contributed by atoms with Gasteiger partial charge in [0, 0.05) is 6.20 Å². The predicted molar refractivity (Wildman–Crippen MR) is 52.5 cm³/mol. The summed E-state index contributed by atoms with van der Waals surface area (Å²) >= 11 is 0. The summed E-state index contributed by atoms with van der Waals surface area (Å²) in [6.45, 7) is 1.46. The molecule has 0 aromatic carbocycles. The van der Waals surface area contributed by atoms with Gasteiger partial charge in [-0.1, -0.05) is 0 Å². The lowest BCUT2D eigenvalue weighted by Gasteiger charge is -2.11. The van der Waals surface area contributed by atoms with Gasteiger partial charge in [0.15, 0.2) is 0 Å². The number of nitrogens with one attached hydrogen (secondary N) is 1. The van der Waals surface area contributed by atoms with Crippen molar-refractivity contribution in [2.75, 3.05) is 12.8 Å². The largest absolute Gasteiger partial charge is 0.467 e.